The maximum absolute atomic E-state index is 12.2. The summed E-state index contributed by atoms with van der Waals surface area (Å²) in [7, 11) is 0. The number of piperidine rings is 1. The molecular weight excluding hydrogens is 326 g/mol. The first-order valence-electron chi connectivity index (χ1n) is 8.95. The highest BCUT2D eigenvalue weighted by Gasteiger charge is 2.26. The summed E-state index contributed by atoms with van der Waals surface area (Å²) in [5.74, 6) is 0.573. The van der Waals surface area contributed by atoms with Crippen molar-refractivity contribution in [1.29, 1.82) is 0 Å². The van der Waals surface area contributed by atoms with Crippen LogP contribution in [0, 0.1) is 0 Å². The molecule has 3 aromatic rings. The van der Waals surface area contributed by atoms with Crippen LogP contribution in [0.5, 0.6) is 0 Å². The van der Waals surface area contributed by atoms with Gasteiger partial charge in [0.05, 0.1) is 17.4 Å². The third-order valence-electron chi connectivity index (χ3n) is 4.74. The van der Waals surface area contributed by atoms with Crippen LogP contribution >= 0.6 is 0 Å². The van der Waals surface area contributed by atoms with Crippen molar-refractivity contribution >= 4 is 0 Å². The van der Waals surface area contributed by atoms with Gasteiger partial charge < -0.3 is 4.98 Å². The minimum atomic E-state index is -0.128. The molecule has 1 fully saturated rings. The molecule has 0 unspecified atom stereocenters. The molecule has 26 heavy (non-hydrogen) atoms. The molecule has 4 heterocycles. The number of hydrogen-bond acceptors (Lipinski definition) is 5. The van der Waals surface area contributed by atoms with Crippen molar-refractivity contribution < 1.29 is 0 Å². The molecule has 6 heteroatoms. The molecule has 4 rings (SSSR count). The van der Waals surface area contributed by atoms with E-state index in [1.165, 1.54) is 0 Å². The number of H-pyrrole nitrogens is 1. The minimum Gasteiger partial charge on any atom is -0.306 e. The van der Waals surface area contributed by atoms with Crippen molar-refractivity contribution in [2.75, 3.05) is 6.54 Å². The summed E-state index contributed by atoms with van der Waals surface area (Å²) in [5, 5.41) is 0. The molecule has 1 aliphatic rings. The highest BCUT2D eigenvalue weighted by molar-refractivity contribution is 5.52. The zero-order valence-electron chi connectivity index (χ0n) is 14.5. The Hall–Kier alpha value is -2.86. The fourth-order valence-electron chi connectivity index (χ4n) is 3.50. The van der Waals surface area contributed by atoms with Gasteiger partial charge in [0.2, 0.25) is 0 Å². The zero-order chi connectivity index (χ0) is 17.8. The van der Waals surface area contributed by atoms with Crippen molar-refractivity contribution in [3.63, 3.8) is 0 Å². The Kier molecular flexibility index (Phi) is 4.84. The van der Waals surface area contributed by atoms with Gasteiger partial charge in [-0.25, -0.2) is 4.98 Å². The number of aromatic nitrogens is 4. The lowest BCUT2D eigenvalue weighted by molar-refractivity contribution is 0.135. The quantitative estimate of drug-likeness (QED) is 0.785. The van der Waals surface area contributed by atoms with Crippen LogP contribution in [0.3, 0.4) is 0 Å². The fourth-order valence-corrected chi connectivity index (χ4v) is 3.50. The second kappa shape index (κ2) is 7.58. The van der Waals surface area contributed by atoms with Crippen molar-refractivity contribution in [1.82, 2.24) is 24.8 Å². The number of nitrogens with one attached hydrogen (secondary N) is 1. The number of pyridine rings is 2. The van der Waals surface area contributed by atoms with Gasteiger partial charge >= 0.3 is 0 Å². The molecule has 0 bridgehead atoms. The van der Waals surface area contributed by atoms with Gasteiger partial charge in [0.1, 0.15) is 5.82 Å². The number of hydrogen-bond donors (Lipinski definition) is 1. The lowest BCUT2D eigenvalue weighted by Crippen LogP contribution is -2.34. The highest BCUT2D eigenvalue weighted by atomic mass is 16.1. The Bertz CT molecular complexity index is 910. The third kappa shape index (κ3) is 3.70. The lowest BCUT2D eigenvalue weighted by atomic mass is 9.98. The van der Waals surface area contributed by atoms with E-state index in [1.54, 1.807) is 18.5 Å². The van der Waals surface area contributed by atoms with Crippen LogP contribution in [-0.4, -0.2) is 31.4 Å². The van der Waals surface area contributed by atoms with E-state index < -0.39 is 0 Å². The Morgan fingerprint density at radius 3 is 2.92 bits per heavy atom. The Morgan fingerprint density at radius 2 is 2.12 bits per heavy atom. The van der Waals surface area contributed by atoms with E-state index in [9.17, 15) is 4.79 Å². The summed E-state index contributed by atoms with van der Waals surface area (Å²) in [6.07, 6.45) is 8.54. The molecule has 132 valence electrons. The van der Waals surface area contributed by atoms with Crippen LogP contribution in [0.15, 0.2) is 59.8 Å². The first-order chi connectivity index (χ1) is 12.8. The standard InChI is InChI=1S/C20H21N5O/c26-19-12-17(23-20(24-19)15-6-5-9-21-13-15)18-8-2-4-11-25(18)14-16-7-1-3-10-22-16/h1,3,5-7,9-10,12-13,18H,2,4,8,11,14H2,(H,23,24,26)/t18-/m0/s1. The molecule has 0 aromatic carbocycles. The van der Waals surface area contributed by atoms with Gasteiger partial charge in [-0.05, 0) is 43.7 Å². The van der Waals surface area contributed by atoms with Crippen LogP contribution in [0.1, 0.15) is 36.7 Å². The van der Waals surface area contributed by atoms with E-state index in [0.717, 1.165) is 49.3 Å². The van der Waals surface area contributed by atoms with Crippen LogP contribution in [-0.2, 0) is 6.54 Å². The summed E-state index contributed by atoms with van der Waals surface area (Å²) >= 11 is 0. The Balaban J connectivity index is 1.66. The van der Waals surface area contributed by atoms with Gasteiger partial charge in [-0.2, -0.15) is 0 Å². The molecule has 0 saturated carbocycles. The topological polar surface area (TPSA) is 74.8 Å². The first kappa shape index (κ1) is 16.6. The van der Waals surface area contributed by atoms with Gasteiger partial charge in [-0.3, -0.25) is 19.7 Å². The minimum absolute atomic E-state index is 0.128. The molecule has 0 radical (unpaired) electrons. The van der Waals surface area contributed by atoms with Crippen LogP contribution in [0.2, 0.25) is 0 Å². The molecule has 1 N–H and O–H groups in total. The van der Waals surface area contributed by atoms with Crippen LogP contribution < -0.4 is 5.56 Å². The molecule has 6 nitrogen and oxygen atoms in total. The maximum atomic E-state index is 12.2. The summed E-state index contributed by atoms with van der Waals surface area (Å²) < 4.78 is 0. The summed E-state index contributed by atoms with van der Waals surface area (Å²) in [6, 6.07) is 11.5. The van der Waals surface area contributed by atoms with E-state index >= 15 is 0 Å². The predicted octanol–water partition coefficient (Wildman–Crippen LogP) is 2.95. The number of aromatic amines is 1. The van der Waals surface area contributed by atoms with Crippen molar-refractivity contribution in [2.45, 2.75) is 31.8 Å². The normalized spacial score (nSPS) is 17.9. The van der Waals surface area contributed by atoms with Crippen molar-refractivity contribution in [3.8, 4) is 11.4 Å². The van der Waals surface area contributed by atoms with Crippen LogP contribution in [0.25, 0.3) is 11.4 Å². The Labute approximate surface area is 152 Å². The SMILES string of the molecule is O=c1cc([C@@H]2CCCCN2Cc2ccccn2)nc(-c2cccnc2)[nH]1. The van der Waals surface area contributed by atoms with Crippen LogP contribution in [0.4, 0.5) is 0 Å². The van der Waals surface area contributed by atoms with E-state index in [2.05, 4.69) is 19.9 Å². The molecule has 3 aromatic heterocycles. The summed E-state index contributed by atoms with van der Waals surface area (Å²) in [6.45, 7) is 1.75. The number of nitrogens with zero attached hydrogens (tertiary/aromatic N) is 4. The average molecular weight is 347 g/mol. The third-order valence-corrected chi connectivity index (χ3v) is 4.74. The van der Waals surface area contributed by atoms with E-state index in [0.29, 0.717) is 5.82 Å². The highest BCUT2D eigenvalue weighted by Crippen LogP contribution is 2.31. The molecule has 0 amide bonds. The van der Waals surface area contributed by atoms with E-state index in [1.807, 2.05) is 36.5 Å². The Morgan fingerprint density at radius 1 is 1.15 bits per heavy atom. The molecule has 0 spiro atoms. The maximum Gasteiger partial charge on any atom is 0.251 e. The molecule has 0 aliphatic carbocycles. The average Bonchev–Trinajstić information content (AvgIpc) is 2.69. The van der Waals surface area contributed by atoms with Crippen molar-refractivity contribution in [3.05, 3.63) is 76.7 Å². The van der Waals surface area contributed by atoms with Gasteiger partial charge in [-0.1, -0.05) is 12.5 Å². The summed E-state index contributed by atoms with van der Waals surface area (Å²) in [5.41, 5.74) is 2.55. The van der Waals surface area contributed by atoms with Gasteiger partial charge in [0, 0.05) is 36.8 Å². The monoisotopic (exact) mass is 347 g/mol. The summed E-state index contributed by atoms with van der Waals surface area (Å²) in [4.78, 5) is 30.8. The first-order valence-corrected chi connectivity index (χ1v) is 8.95. The molecule has 1 saturated heterocycles. The fraction of sp³-hybridized carbons (Fsp3) is 0.300. The second-order valence-corrected chi connectivity index (χ2v) is 6.56. The predicted molar refractivity (Wildman–Crippen MR) is 99.3 cm³/mol. The zero-order valence-corrected chi connectivity index (χ0v) is 14.5. The second-order valence-electron chi connectivity index (χ2n) is 6.56. The molecule has 1 atom stereocenters. The van der Waals surface area contributed by atoms with Gasteiger partial charge in [-0.15, -0.1) is 0 Å². The number of rotatable bonds is 4. The van der Waals surface area contributed by atoms with Crippen molar-refractivity contribution in [2.24, 2.45) is 0 Å². The van der Waals surface area contributed by atoms with E-state index in [-0.39, 0.29) is 11.6 Å². The molecule has 1 aliphatic heterocycles. The molecular formula is C20H21N5O. The largest absolute Gasteiger partial charge is 0.306 e. The lowest BCUT2D eigenvalue weighted by Gasteiger charge is -2.35. The number of likely N-dealkylation sites (tertiary alicyclic amines) is 1. The smallest absolute Gasteiger partial charge is 0.251 e. The van der Waals surface area contributed by atoms with Gasteiger partial charge in [0.15, 0.2) is 0 Å². The van der Waals surface area contributed by atoms with E-state index in [4.69, 9.17) is 4.98 Å². The van der Waals surface area contributed by atoms with Gasteiger partial charge in [0.25, 0.3) is 5.56 Å².